The summed E-state index contributed by atoms with van der Waals surface area (Å²) >= 11 is 0. The van der Waals surface area contributed by atoms with E-state index in [0.29, 0.717) is 24.9 Å². The van der Waals surface area contributed by atoms with E-state index in [2.05, 4.69) is 0 Å². The van der Waals surface area contributed by atoms with Crippen LogP contribution in [0.4, 0.5) is 0 Å². The number of hydrogen-bond donors (Lipinski definition) is 0. The van der Waals surface area contributed by atoms with Gasteiger partial charge in [-0.2, -0.15) is 0 Å². The van der Waals surface area contributed by atoms with Gasteiger partial charge in [0.05, 0.1) is 18.4 Å². The van der Waals surface area contributed by atoms with Crippen molar-refractivity contribution < 1.29 is 42.8 Å². The number of rotatable bonds is 0. The topological polar surface area (TPSA) is 107 Å². The average Bonchev–Trinajstić information content (AvgIpc) is 3.76. The molecule has 9 heteroatoms. The molecule has 0 amide bonds. The van der Waals surface area contributed by atoms with Crippen LogP contribution in [-0.2, 0) is 42.8 Å². The lowest BCUT2D eigenvalue weighted by Gasteiger charge is -2.35. The SMILES string of the molecule is CC.CC.CC.O=C1CC2OC3OCOC3C2O1.O=C1COC2CCCC12.O=C1OC2CC3CC(C2)CC1C3. The number of carbonyl (C=O) groups excluding carboxylic acids is 3. The molecule has 39 heavy (non-hydrogen) atoms. The van der Waals surface area contributed by atoms with Crippen molar-refractivity contribution in [2.75, 3.05) is 13.4 Å². The zero-order valence-corrected chi connectivity index (χ0v) is 24.7. The highest BCUT2D eigenvalue weighted by atomic mass is 16.8. The summed E-state index contributed by atoms with van der Waals surface area (Å²) in [7, 11) is 0. The van der Waals surface area contributed by atoms with Gasteiger partial charge in [0.25, 0.3) is 0 Å². The second-order valence-electron chi connectivity index (χ2n) is 10.6. The fourth-order valence-corrected chi connectivity index (χ4v) is 6.99. The van der Waals surface area contributed by atoms with Gasteiger partial charge in [0, 0.05) is 5.92 Å². The van der Waals surface area contributed by atoms with Gasteiger partial charge in [-0.25, -0.2) is 0 Å². The maximum Gasteiger partial charge on any atom is 0.309 e. The van der Waals surface area contributed by atoms with Crippen LogP contribution in [0.5, 0.6) is 0 Å². The van der Waals surface area contributed by atoms with E-state index in [1.54, 1.807) is 0 Å². The summed E-state index contributed by atoms with van der Waals surface area (Å²) in [6.07, 6.45) is 9.24. The molecule has 0 aromatic heterocycles. The van der Waals surface area contributed by atoms with E-state index in [1.165, 1.54) is 12.8 Å². The third-order valence-corrected chi connectivity index (χ3v) is 8.41. The van der Waals surface area contributed by atoms with Crippen molar-refractivity contribution >= 4 is 17.7 Å². The molecule has 0 N–H and O–H groups in total. The highest BCUT2D eigenvalue weighted by Crippen LogP contribution is 2.46. The molecule has 0 spiro atoms. The van der Waals surface area contributed by atoms with Crippen LogP contribution < -0.4 is 0 Å². The molecule has 6 saturated heterocycles. The molecule has 9 aliphatic rings. The molecule has 224 valence electrons. The Hall–Kier alpha value is -1.55. The Morgan fingerprint density at radius 2 is 1.38 bits per heavy atom. The highest BCUT2D eigenvalue weighted by Gasteiger charge is 2.55. The summed E-state index contributed by atoms with van der Waals surface area (Å²) in [5.41, 5.74) is 0. The molecule has 8 atom stereocenters. The highest BCUT2D eigenvalue weighted by molar-refractivity contribution is 5.84. The first-order chi connectivity index (χ1) is 19.0. The van der Waals surface area contributed by atoms with E-state index >= 15 is 0 Å². The molecule has 3 saturated carbocycles. The summed E-state index contributed by atoms with van der Waals surface area (Å²) in [6.45, 7) is 12.6. The van der Waals surface area contributed by atoms with Gasteiger partial charge in [0.1, 0.15) is 18.8 Å². The lowest BCUT2D eigenvalue weighted by Crippen LogP contribution is -2.30. The molecule has 9 nitrogen and oxygen atoms in total. The zero-order chi connectivity index (χ0) is 28.5. The fourth-order valence-electron chi connectivity index (χ4n) is 6.99. The Balaban J connectivity index is 0.000000149. The molecule has 6 heterocycles. The second-order valence-corrected chi connectivity index (χ2v) is 10.6. The maximum atomic E-state index is 11.4. The number of carbonyl (C=O) groups is 3. The van der Waals surface area contributed by atoms with E-state index in [9.17, 15) is 14.4 Å². The van der Waals surface area contributed by atoms with Gasteiger partial charge in [-0.1, -0.05) is 48.0 Å². The number of ketones is 1. The number of Topliss-reactive ketones (excluding diaryl/α,β-unsaturated/α-hetero) is 1. The molecule has 0 aromatic rings. The molecule has 6 aliphatic heterocycles. The summed E-state index contributed by atoms with van der Waals surface area (Å²) in [4.78, 5) is 33.2. The first-order valence-corrected chi connectivity index (χ1v) is 15.5. The van der Waals surface area contributed by atoms with Gasteiger partial charge in [-0.3, -0.25) is 14.4 Å². The Labute approximate surface area is 233 Å². The number of ether oxygens (including phenoxy) is 6. The molecule has 9 fully saturated rings. The van der Waals surface area contributed by atoms with Crippen molar-refractivity contribution in [3.63, 3.8) is 0 Å². The van der Waals surface area contributed by atoms with Crippen molar-refractivity contribution in [3.8, 4) is 0 Å². The van der Waals surface area contributed by atoms with Crippen LogP contribution in [0.1, 0.15) is 99.3 Å². The average molecular weight is 555 g/mol. The monoisotopic (exact) mass is 554 g/mol. The summed E-state index contributed by atoms with van der Waals surface area (Å²) in [6, 6.07) is 0. The normalized spacial score (nSPS) is 41.1. The van der Waals surface area contributed by atoms with Crippen LogP contribution in [0.25, 0.3) is 0 Å². The van der Waals surface area contributed by atoms with Gasteiger partial charge in [0.2, 0.25) is 0 Å². The standard InChI is InChI=1S/C10H14O2.C7H8O5.C7H10O2.3C2H6/c11-10-8-2-6-1-7(3-8)5-9(4-6)12-10;8-4-1-3-5(12-4)6-7(11-3)10-2-9-6;8-6-4-9-7-3-1-2-5(6)7;3*1-2/h6-9H,1-5H2;3,5-7H,1-2H2;5,7H,1-4H2;3*1-2H3. The van der Waals surface area contributed by atoms with E-state index in [0.717, 1.165) is 50.4 Å². The minimum atomic E-state index is -0.326. The number of fused-ring (bicyclic) bond motifs is 5. The van der Waals surface area contributed by atoms with Gasteiger partial charge in [-0.05, 0) is 56.8 Å². The molecule has 0 aromatic carbocycles. The van der Waals surface area contributed by atoms with E-state index < -0.39 is 0 Å². The number of esters is 2. The first-order valence-electron chi connectivity index (χ1n) is 15.5. The summed E-state index contributed by atoms with van der Waals surface area (Å²) in [5.74, 6) is 2.38. The van der Waals surface area contributed by atoms with Crippen LogP contribution in [0.3, 0.4) is 0 Å². The van der Waals surface area contributed by atoms with Crippen molar-refractivity contribution in [3.05, 3.63) is 0 Å². The Morgan fingerprint density at radius 1 is 0.692 bits per heavy atom. The molecule has 9 rings (SSSR count). The quantitative estimate of drug-likeness (QED) is 0.384. The third-order valence-electron chi connectivity index (χ3n) is 8.41. The predicted octanol–water partition coefficient (Wildman–Crippen LogP) is 4.97. The third kappa shape index (κ3) is 7.60. The predicted molar refractivity (Wildman–Crippen MR) is 144 cm³/mol. The summed E-state index contributed by atoms with van der Waals surface area (Å²) < 4.78 is 31.4. The van der Waals surface area contributed by atoms with Crippen LogP contribution >= 0.6 is 0 Å². The lowest BCUT2D eigenvalue weighted by molar-refractivity contribution is -0.151. The maximum absolute atomic E-state index is 11.4. The van der Waals surface area contributed by atoms with E-state index in [4.69, 9.17) is 28.4 Å². The molecule has 3 aliphatic carbocycles. The van der Waals surface area contributed by atoms with Crippen LogP contribution in [0.15, 0.2) is 0 Å². The van der Waals surface area contributed by atoms with Crippen molar-refractivity contribution in [2.24, 2.45) is 23.7 Å². The fraction of sp³-hybridized carbons (Fsp3) is 0.900. The lowest BCUT2D eigenvalue weighted by atomic mass is 9.68. The Morgan fingerprint density at radius 3 is 2.05 bits per heavy atom. The largest absolute Gasteiger partial charge is 0.462 e. The van der Waals surface area contributed by atoms with Crippen LogP contribution in [-0.4, -0.2) is 67.9 Å². The molecular weight excluding hydrogens is 504 g/mol. The van der Waals surface area contributed by atoms with Crippen LogP contribution in [0.2, 0.25) is 0 Å². The smallest absolute Gasteiger partial charge is 0.309 e. The first kappa shape index (κ1) is 32.0. The Kier molecular flexibility index (Phi) is 12.7. The van der Waals surface area contributed by atoms with Crippen molar-refractivity contribution in [1.82, 2.24) is 0 Å². The van der Waals surface area contributed by atoms with Crippen LogP contribution in [0, 0.1) is 23.7 Å². The van der Waals surface area contributed by atoms with Gasteiger partial charge < -0.3 is 28.4 Å². The summed E-state index contributed by atoms with van der Waals surface area (Å²) in [5, 5.41) is 0. The zero-order valence-electron chi connectivity index (χ0n) is 24.7. The molecular formula is C30H50O9. The minimum Gasteiger partial charge on any atom is -0.462 e. The van der Waals surface area contributed by atoms with E-state index in [1.807, 2.05) is 41.5 Å². The molecule has 8 unspecified atom stereocenters. The van der Waals surface area contributed by atoms with Crippen molar-refractivity contribution in [1.29, 1.82) is 0 Å². The van der Waals surface area contributed by atoms with Gasteiger partial charge >= 0.3 is 11.9 Å². The van der Waals surface area contributed by atoms with Gasteiger partial charge in [0.15, 0.2) is 31.1 Å². The molecule has 4 bridgehead atoms. The van der Waals surface area contributed by atoms with E-state index in [-0.39, 0.29) is 61.3 Å². The second kappa shape index (κ2) is 15.5. The minimum absolute atomic E-state index is 0.102. The van der Waals surface area contributed by atoms with Gasteiger partial charge in [-0.15, -0.1) is 0 Å². The number of hydrogen-bond acceptors (Lipinski definition) is 9. The molecule has 0 radical (unpaired) electrons. The van der Waals surface area contributed by atoms with Crippen molar-refractivity contribution in [2.45, 2.75) is 136 Å². The Bertz CT molecular complexity index is 787.